The molecule has 1 N–H and O–H groups in total. The number of hydrogen-bond acceptors (Lipinski definition) is 3. The molecule has 1 aromatic heterocycles. The third kappa shape index (κ3) is 4.06. The van der Waals surface area contributed by atoms with Crippen LogP contribution in [0.4, 0.5) is 0 Å². The molecule has 0 saturated carbocycles. The van der Waals surface area contributed by atoms with Crippen LogP contribution in [0.15, 0.2) is 12.4 Å². The quantitative estimate of drug-likeness (QED) is 0.824. The number of amides is 1. The van der Waals surface area contributed by atoms with E-state index in [0.717, 1.165) is 18.7 Å². The summed E-state index contributed by atoms with van der Waals surface area (Å²) in [6, 6.07) is -0.0720. The Bertz CT molecular complexity index is 413. The maximum atomic E-state index is 12.3. The van der Waals surface area contributed by atoms with Gasteiger partial charge in [-0.15, -0.1) is 0 Å². The molecule has 0 aliphatic carbocycles. The van der Waals surface area contributed by atoms with Crippen LogP contribution in [0.25, 0.3) is 0 Å². The Morgan fingerprint density at radius 3 is 2.68 bits per heavy atom. The zero-order valence-corrected chi connectivity index (χ0v) is 12.6. The molecule has 0 fully saturated rings. The van der Waals surface area contributed by atoms with Crippen molar-refractivity contribution in [3.8, 4) is 0 Å². The third-order valence-corrected chi connectivity index (χ3v) is 3.10. The SMILES string of the molecule is CCCC(NC(=O)C(C)(C)OCC)c1nccn1C. The molecule has 0 aliphatic heterocycles. The van der Waals surface area contributed by atoms with Gasteiger partial charge in [0.25, 0.3) is 5.91 Å². The van der Waals surface area contributed by atoms with E-state index in [2.05, 4.69) is 17.2 Å². The van der Waals surface area contributed by atoms with Gasteiger partial charge in [0.15, 0.2) is 0 Å². The highest BCUT2D eigenvalue weighted by Crippen LogP contribution is 2.18. The minimum absolute atomic E-state index is 0.0720. The lowest BCUT2D eigenvalue weighted by Crippen LogP contribution is -2.46. The highest BCUT2D eigenvalue weighted by molar-refractivity contribution is 5.84. The molecule has 0 bridgehead atoms. The van der Waals surface area contributed by atoms with Gasteiger partial charge in [0.2, 0.25) is 0 Å². The lowest BCUT2D eigenvalue weighted by atomic mass is 10.1. The van der Waals surface area contributed by atoms with Gasteiger partial charge in [-0.05, 0) is 27.2 Å². The van der Waals surface area contributed by atoms with Crippen molar-refractivity contribution >= 4 is 5.91 Å². The zero-order valence-electron chi connectivity index (χ0n) is 12.6. The van der Waals surface area contributed by atoms with Crippen LogP contribution in [0.3, 0.4) is 0 Å². The molecule has 1 atom stereocenters. The summed E-state index contributed by atoms with van der Waals surface area (Å²) in [7, 11) is 1.94. The Kier molecular flexibility index (Phi) is 5.54. The molecule has 1 aromatic rings. The number of aromatic nitrogens is 2. The fourth-order valence-corrected chi connectivity index (χ4v) is 2.03. The van der Waals surface area contributed by atoms with Crippen LogP contribution >= 0.6 is 0 Å². The smallest absolute Gasteiger partial charge is 0.252 e. The van der Waals surface area contributed by atoms with E-state index in [1.165, 1.54) is 0 Å². The molecule has 1 rings (SSSR count). The van der Waals surface area contributed by atoms with Crippen LogP contribution in [0.2, 0.25) is 0 Å². The second-order valence-electron chi connectivity index (χ2n) is 5.15. The van der Waals surface area contributed by atoms with Crippen LogP contribution in [-0.4, -0.2) is 27.7 Å². The molecule has 0 radical (unpaired) electrons. The van der Waals surface area contributed by atoms with Gasteiger partial charge in [-0.25, -0.2) is 4.98 Å². The molecule has 5 nitrogen and oxygen atoms in total. The molecular weight excluding hydrogens is 242 g/mol. The maximum absolute atomic E-state index is 12.3. The van der Waals surface area contributed by atoms with E-state index in [4.69, 9.17) is 4.74 Å². The number of carbonyl (C=O) groups excluding carboxylic acids is 1. The average Bonchev–Trinajstić information content (AvgIpc) is 2.74. The molecule has 0 spiro atoms. The number of aryl methyl sites for hydroxylation is 1. The Balaban J connectivity index is 2.80. The third-order valence-electron chi connectivity index (χ3n) is 3.10. The molecule has 1 amide bonds. The average molecular weight is 267 g/mol. The standard InChI is InChI=1S/C14H25N3O2/c1-6-8-11(12-15-9-10-17(12)5)16-13(18)14(3,4)19-7-2/h9-11H,6-8H2,1-5H3,(H,16,18). The predicted octanol–water partition coefficient (Wildman–Crippen LogP) is 2.19. The molecule has 5 heteroatoms. The largest absolute Gasteiger partial charge is 0.366 e. The molecular formula is C14H25N3O2. The number of ether oxygens (including phenoxy) is 1. The monoisotopic (exact) mass is 267 g/mol. The van der Waals surface area contributed by atoms with E-state index >= 15 is 0 Å². The van der Waals surface area contributed by atoms with E-state index < -0.39 is 5.60 Å². The van der Waals surface area contributed by atoms with Crippen molar-refractivity contribution in [1.29, 1.82) is 0 Å². The van der Waals surface area contributed by atoms with Gasteiger partial charge in [-0.1, -0.05) is 13.3 Å². The molecule has 1 heterocycles. The topological polar surface area (TPSA) is 56.1 Å². The van der Waals surface area contributed by atoms with Crippen molar-refractivity contribution in [3.63, 3.8) is 0 Å². The fourth-order valence-electron chi connectivity index (χ4n) is 2.03. The fraction of sp³-hybridized carbons (Fsp3) is 0.714. The van der Waals surface area contributed by atoms with Crippen LogP contribution in [0.5, 0.6) is 0 Å². The van der Waals surface area contributed by atoms with Gasteiger partial charge in [0.1, 0.15) is 11.4 Å². The second-order valence-corrected chi connectivity index (χ2v) is 5.15. The normalized spacial score (nSPS) is 13.3. The Hall–Kier alpha value is -1.36. The summed E-state index contributed by atoms with van der Waals surface area (Å²) in [5.41, 5.74) is -0.814. The summed E-state index contributed by atoms with van der Waals surface area (Å²) < 4.78 is 7.42. The minimum Gasteiger partial charge on any atom is -0.366 e. The van der Waals surface area contributed by atoms with Gasteiger partial charge in [0, 0.05) is 26.0 Å². The summed E-state index contributed by atoms with van der Waals surface area (Å²) >= 11 is 0. The summed E-state index contributed by atoms with van der Waals surface area (Å²) in [6.07, 6.45) is 5.47. The first-order chi connectivity index (χ1) is 8.92. The molecule has 1 unspecified atom stereocenters. The van der Waals surface area contributed by atoms with E-state index in [1.807, 2.05) is 24.7 Å². The molecule has 19 heavy (non-hydrogen) atoms. The molecule has 0 saturated heterocycles. The van der Waals surface area contributed by atoms with Crippen molar-refractivity contribution in [2.45, 2.75) is 52.2 Å². The first-order valence-corrected chi connectivity index (χ1v) is 6.84. The Morgan fingerprint density at radius 2 is 2.21 bits per heavy atom. The van der Waals surface area contributed by atoms with Crippen LogP contribution in [0, 0.1) is 0 Å². The van der Waals surface area contributed by atoms with Crippen LogP contribution < -0.4 is 5.32 Å². The van der Waals surface area contributed by atoms with Crippen molar-refractivity contribution in [2.75, 3.05) is 6.61 Å². The Morgan fingerprint density at radius 1 is 1.53 bits per heavy atom. The number of nitrogens with one attached hydrogen (secondary N) is 1. The van der Waals surface area contributed by atoms with Crippen molar-refractivity contribution in [2.24, 2.45) is 7.05 Å². The molecule has 108 valence electrons. The second kappa shape index (κ2) is 6.70. The lowest BCUT2D eigenvalue weighted by molar-refractivity contribution is -0.143. The first kappa shape index (κ1) is 15.7. The summed E-state index contributed by atoms with van der Waals surface area (Å²) in [5, 5.41) is 3.04. The number of nitrogens with zero attached hydrogens (tertiary/aromatic N) is 2. The van der Waals surface area contributed by atoms with Gasteiger partial charge >= 0.3 is 0 Å². The van der Waals surface area contributed by atoms with Gasteiger partial charge in [-0.2, -0.15) is 0 Å². The zero-order chi connectivity index (χ0) is 14.5. The van der Waals surface area contributed by atoms with E-state index in [0.29, 0.717) is 6.61 Å². The van der Waals surface area contributed by atoms with Crippen LogP contribution in [-0.2, 0) is 16.6 Å². The van der Waals surface area contributed by atoms with Gasteiger partial charge < -0.3 is 14.6 Å². The van der Waals surface area contributed by atoms with Gasteiger partial charge in [-0.3, -0.25) is 4.79 Å². The summed E-state index contributed by atoms with van der Waals surface area (Å²) in [5.74, 6) is 0.776. The minimum atomic E-state index is -0.814. The van der Waals surface area contributed by atoms with E-state index in [9.17, 15) is 4.79 Å². The number of rotatable bonds is 7. The number of imidazole rings is 1. The molecule has 0 aliphatic rings. The van der Waals surface area contributed by atoms with E-state index in [-0.39, 0.29) is 11.9 Å². The van der Waals surface area contributed by atoms with Gasteiger partial charge in [0.05, 0.1) is 6.04 Å². The number of hydrogen-bond donors (Lipinski definition) is 1. The van der Waals surface area contributed by atoms with Crippen LogP contribution in [0.1, 0.15) is 52.4 Å². The molecule has 0 aromatic carbocycles. The van der Waals surface area contributed by atoms with E-state index in [1.54, 1.807) is 20.0 Å². The number of carbonyl (C=O) groups is 1. The Labute approximate surface area is 115 Å². The van der Waals surface area contributed by atoms with Crippen molar-refractivity contribution in [3.05, 3.63) is 18.2 Å². The highest BCUT2D eigenvalue weighted by Gasteiger charge is 2.30. The maximum Gasteiger partial charge on any atom is 0.252 e. The van der Waals surface area contributed by atoms with Crippen molar-refractivity contribution in [1.82, 2.24) is 14.9 Å². The van der Waals surface area contributed by atoms with Crippen molar-refractivity contribution < 1.29 is 9.53 Å². The highest BCUT2D eigenvalue weighted by atomic mass is 16.5. The first-order valence-electron chi connectivity index (χ1n) is 6.84. The summed E-state index contributed by atoms with van der Waals surface area (Å²) in [4.78, 5) is 16.6. The lowest BCUT2D eigenvalue weighted by Gasteiger charge is -2.27. The predicted molar refractivity (Wildman–Crippen MR) is 74.7 cm³/mol. The summed E-state index contributed by atoms with van der Waals surface area (Å²) in [6.45, 7) is 8.06.